The van der Waals surface area contributed by atoms with Crippen LogP contribution in [-0.4, -0.2) is 24.0 Å². The molecule has 1 saturated carbocycles. The summed E-state index contributed by atoms with van der Waals surface area (Å²) in [6.45, 7) is 1.02. The van der Waals surface area contributed by atoms with E-state index in [0.717, 1.165) is 36.3 Å². The predicted octanol–water partition coefficient (Wildman–Crippen LogP) is 1.42. The van der Waals surface area contributed by atoms with Crippen molar-refractivity contribution in [3.63, 3.8) is 0 Å². The van der Waals surface area contributed by atoms with E-state index >= 15 is 0 Å². The largest absolute Gasteiger partial charge is 0.454 e. The Balaban J connectivity index is 1.67. The van der Waals surface area contributed by atoms with Crippen molar-refractivity contribution in [1.82, 2.24) is 5.32 Å². The lowest BCUT2D eigenvalue weighted by Crippen LogP contribution is -2.35. The molecule has 17 heavy (non-hydrogen) atoms. The SMILES string of the molecule is O[C@@H]1CCC[C@H]1NCc1cccc2c1OCO2. The van der Waals surface area contributed by atoms with Crippen LogP contribution in [0.5, 0.6) is 11.5 Å². The molecule has 0 radical (unpaired) electrons. The van der Waals surface area contributed by atoms with Crippen LogP contribution in [0.1, 0.15) is 24.8 Å². The first-order valence-corrected chi connectivity index (χ1v) is 6.13. The molecule has 2 N–H and O–H groups in total. The third kappa shape index (κ3) is 2.10. The zero-order valence-corrected chi connectivity index (χ0v) is 9.69. The lowest BCUT2D eigenvalue weighted by molar-refractivity contribution is 0.148. The topological polar surface area (TPSA) is 50.7 Å². The Morgan fingerprint density at radius 2 is 2.24 bits per heavy atom. The number of aliphatic hydroxyl groups excluding tert-OH is 1. The van der Waals surface area contributed by atoms with Gasteiger partial charge in [0.15, 0.2) is 11.5 Å². The minimum atomic E-state index is -0.205. The average Bonchev–Trinajstić information content (AvgIpc) is 2.95. The quantitative estimate of drug-likeness (QED) is 0.832. The van der Waals surface area contributed by atoms with E-state index in [2.05, 4.69) is 5.32 Å². The molecule has 0 unspecified atom stereocenters. The fourth-order valence-corrected chi connectivity index (χ4v) is 2.55. The molecule has 0 amide bonds. The van der Waals surface area contributed by atoms with Crippen LogP contribution in [0.3, 0.4) is 0 Å². The highest BCUT2D eigenvalue weighted by Gasteiger charge is 2.25. The Morgan fingerprint density at radius 1 is 1.29 bits per heavy atom. The van der Waals surface area contributed by atoms with Crippen molar-refractivity contribution < 1.29 is 14.6 Å². The minimum Gasteiger partial charge on any atom is -0.454 e. The number of hydrogen-bond donors (Lipinski definition) is 2. The van der Waals surface area contributed by atoms with Crippen LogP contribution in [0, 0.1) is 0 Å². The summed E-state index contributed by atoms with van der Waals surface area (Å²) >= 11 is 0. The molecule has 0 saturated heterocycles. The van der Waals surface area contributed by atoms with E-state index in [1.54, 1.807) is 0 Å². The molecule has 4 nitrogen and oxygen atoms in total. The molecule has 1 fully saturated rings. The van der Waals surface area contributed by atoms with Gasteiger partial charge < -0.3 is 19.9 Å². The summed E-state index contributed by atoms with van der Waals surface area (Å²) in [5.41, 5.74) is 1.10. The standard InChI is InChI=1S/C13H17NO3/c15-11-5-2-4-10(11)14-7-9-3-1-6-12-13(9)17-8-16-12/h1,3,6,10-11,14-15H,2,4-5,7-8H2/t10-,11-/m1/s1. The summed E-state index contributed by atoms with van der Waals surface area (Å²) in [6, 6.07) is 6.13. The summed E-state index contributed by atoms with van der Waals surface area (Å²) in [6.07, 6.45) is 2.85. The summed E-state index contributed by atoms with van der Waals surface area (Å²) < 4.78 is 10.8. The van der Waals surface area contributed by atoms with Gasteiger partial charge in [-0.2, -0.15) is 0 Å². The Morgan fingerprint density at radius 3 is 3.06 bits per heavy atom. The molecule has 2 aliphatic rings. The predicted molar refractivity (Wildman–Crippen MR) is 63.1 cm³/mol. The summed E-state index contributed by atoms with van der Waals surface area (Å²) in [4.78, 5) is 0. The first-order chi connectivity index (χ1) is 8.34. The Labute approximate surface area is 101 Å². The van der Waals surface area contributed by atoms with Gasteiger partial charge in [-0.25, -0.2) is 0 Å². The second-order valence-electron chi connectivity index (χ2n) is 4.64. The fraction of sp³-hybridized carbons (Fsp3) is 0.538. The van der Waals surface area contributed by atoms with E-state index in [-0.39, 0.29) is 12.1 Å². The second-order valence-corrected chi connectivity index (χ2v) is 4.64. The summed E-state index contributed by atoms with van der Waals surface area (Å²) in [5.74, 6) is 1.66. The Bertz CT molecular complexity index is 408. The van der Waals surface area contributed by atoms with Crippen molar-refractivity contribution in [2.24, 2.45) is 0 Å². The monoisotopic (exact) mass is 235 g/mol. The van der Waals surface area contributed by atoms with Crippen LogP contribution < -0.4 is 14.8 Å². The van der Waals surface area contributed by atoms with Crippen molar-refractivity contribution in [2.75, 3.05) is 6.79 Å². The molecule has 92 valence electrons. The molecule has 4 heteroatoms. The van der Waals surface area contributed by atoms with E-state index in [1.165, 1.54) is 0 Å². The first-order valence-electron chi connectivity index (χ1n) is 6.13. The Hall–Kier alpha value is -1.26. The molecule has 1 aliphatic carbocycles. The number of benzene rings is 1. The highest BCUT2D eigenvalue weighted by atomic mass is 16.7. The van der Waals surface area contributed by atoms with Gasteiger partial charge in [-0.1, -0.05) is 12.1 Å². The van der Waals surface area contributed by atoms with Crippen LogP contribution in [0.2, 0.25) is 0 Å². The van der Waals surface area contributed by atoms with Crippen molar-refractivity contribution in [3.05, 3.63) is 23.8 Å². The van der Waals surface area contributed by atoms with Crippen LogP contribution >= 0.6 is 0 Å². The van der Waals surface area contributed by atoms with E-state index in [9.17, 15) is 5.11 Å². The van der Waals surface area contributed by atoms with Gasteiger partial charge in [0.1, 0.15) is 0 Å². The van der Waals surface area contributed by atoms with Crippen molar-refractivity contribution in [1.29, 1.82) is 0 Å². The molecule has 0 spiro atoms. The zero-order valence-electron chi connectivity index (χ0n) is 9.69. The van der Waals surface area contributed by atoms with Gasteiger partial charge in [0.05, 0.1) is 6.10 Å². The van der Waals surface area contributed by atoms with Gasteiger partial charge in [0.25, 0.3) is 0 Å². The normalized spacial score (nSPS) is 26.4. The number of ether oxygens (including phenoxy) is 2. The van der Waals surface area contributed by atoms with Gasteiger partial charge in [0.2, 0.25) is 6.79 Å². The van der Waals surface area contributed by atoms with Crippen molar-refractivity contribution in [2.45, 2.75) is 38.0 Å². The third-order valence-electron chi connectivity index (χ3n) is 3.51. The van der Waals surface area contributed by atoms with Crippen LogP contribution in [0.4, 0.5) is 0 Å². The molecule has 2 atom stereocenters. The third-order valence-corrected chi connectivity index (χ3v) is 3.51. The lowest BCUT2D eigenvalue weighted by Gasteiger charge is -2.16. The van der Waals surface area contributed by atoms with E-state index < -0.39 is 0 Å². The van der Waals surface area contributed by atoms with Gasteiger partial charge in [-0.15, -0.1) is 0 Å². The molecular formula is C13H17NO3. The van der Waals surface area contributed by atoms with Gasteiger partial charge >= 0.3 is 0 Å². The van der Waals surface area contributed by atoms with Gasteiger partial charge in [-0.3, -0.25) is 0 Å². The molecule has 1 aromatic carbocycles. The van der Waals surface area contributed by atoms with Gasteiger partial charge in [-0.05, 0) is 25.3 Å². The number of aliphatic hydroxyl groups is 1. The number of rotatable bonds is 3. The number of nitrogens with one attached hydrogen (secondary N) is 1. The summed E-state index contributed by atoms with van der Waals surface area (Å²) in [7, 11) is 0. The number of para-hydroxylation sites is 1. The average molecular weight is 235 g/mol. The van der Waals surface area contributed by atoms with Crippen LogP contribution in [-0.2, 0) is 6.54 Å². The molecule has 1 heterocycles. The molecule has 1 aromatic rings. The molecule has 3 rings (SSSR count). The van der Waals surface area contributed by atoms with Crippen LogP contribution in [0.15, 0.2) is 18.2 Å². The maximum atomic E-state index is 9.74. The highest BCUT2D eigenvalue weighted by Crippen LogP contribution is 2.35. The number of fused-ring (bicyclic) bond motifs is 1. The maximum absolute atomic E-state index is 9.74. The highest BCUT2D eigenvalue weighted by molar-refractivity contribution is 5.48. The smallest absolute Gasteiger partial charge is 0.231 e. The Kier molecular flexibility index (Phi) is 2.91. The molecular weight excluding hydrogens is 218 g/mol. The van der Waals surface area contributed by atoms with Crippen molar-refractivity contribution >= 4 is 0 Å². The lowest BCUT2D eigenvalue weighted by atomic mass is 10.1. The molecule has 1 aliphatic heterocycles. The minimum absolute atomic E-state index is 0.205. The first kappa shape index (κ1) is 10.9. The number of hydrogen-bond acceptors (Lipinski definition) is 4. The zero-order chi connectivity index (χ0) is 11.7. The maximum Gasteiger partial charge on any atom is 0.231 e. The van der Waals surface area contributed by atoms with E-state index in [4.69, 9.17) is 9.47 Å². The summed E-state index contributed by atoms with van der Waals surface area (Å²) in [5, 5.41) is 13.1. The fourth-order valence-electron chi connectivity index (χ4n) is 2.55. The van der Waals surface area contributed by atoms with Gasteiger partial charge in [0, 0.05) is 18.2 Å². The second kappa shape index (κ2) is 4.55. The molecule has 0 bridgehead atoms. The van der Waals surface area contributed by atoms with Crippen LogP contribution in [0.25, 0.3) is 0 Å². The molecule has 0 aromatic heterocycles. The van der Waals surface area contributed by atoms with E-state index in [1.807, 2.05) is 18.2 Å². The van der Waals surface area contributed by atoms with E-state index in [0.29, 0.717) is 13.3 Å². The van der Waals surface area contributed by atoms with Crippen molar-refractivity contribution in [3.8, 4) is 11.5 Å².